The predicted octanol–water partition coefficient (Wildman–Crippen LogP) is 1.48. The quantitative estimate of drug-likeness (QED) is 0.801. The van der Waals surface area contributed by atoms with Crippen molar-refractivity contribution in [3.63, 3.8) is 0 Å². The maximum atomic E-state index is 10.9. The van der Waals surface area contributed by atoms with E-state index in [1.807, 2.05) is 0 Å². The van der Waals surface area contributed by atoms with Gasteiger partial charge in [-0.2, -0.15) is 0 Å². The lowest BCUT2D eigenvalue weighted by atomic mass is 10.0. The molecular weight excluding hydrogens is 190 g/mol. The number of thiazole rings is 1. The summed E-state index contributed by atoms with van der Waals surface area (Å²) in [5.41, 5.74) is 0.733. The molecule has 0 saturated carbocycles. The second-order valence-corrected chi connectivity index (χ2v) is 3.36. The van der Waals surface area contributed by atoms with Crippen molar-refractivity contribution in [1.29, 1.82) is 0 Å². The summed E-state index contributed by atoms with van der Waals surface area (Å²) in [7, 11) is 0. The molecule has 4 nitrogen and oxygen atoms in total. The minimum absolute atomic E-state index is 0.348. The number of hydrogen-bond acceptors (Lipinski definition) is 4. The van der Waals surface area contributed by atoms with Crippen LogP contribution >= 0.6 is 11.3 Å². The Morgan fingerprint density at radius 3 is 2.92 bits per heavy atom. The zero-order valence-corrected chi connectivity index (χ0v) is 8.30. The fraction of sp³-hybridized carbons (Fsp3) is 0.500. The van der Waals surface area contributed by atoms with Crippen LogP contribution in [-0.4, -0.2) is 22.7 Å². The number of ether oxygens (including phenoxy) is 1. The third kappa shape index (κ3) is 1.87. The highest BCUT2D eigenvalue weighted by atomic mass is 32.1. The normalized spacial score (nSPS) is 15.2. The summed E-state index contributed by atoms with van der Waals surface area (Å²) in [6.07, 6.45) is 0. The van der Waals surface area contributed by atoms with Crippen molar-refractivity contribution < 1.29 is 14.6 Å². The minimum atomic E-state index is -1.31. The molecule has 1 atom stereocenters. The topological polar surface area (TPSA) is 59.4 Å². The molecule has 0 fully saturated rings. The van der Waals surface area contributed by atoms with Gasteiger partial charge in [-0.25, -0.2) is 9.78 Å². The minimum Gasteiger partial charge on any atom is -0.479 e. The van der Waals surface area contributed by atoms with E-state index in [0.29, 0.717) is 12.3 Å². The molecule has 0 amide bonds. The van der Waals surface area contributed by atoms with Gasteiger partial charge < -0.3 is 9.84 Å². The van der Waals surface area contributed by atoms with Gasteiger partial charge in [0, 0.05) is 12.0 Å². The summed E-state index contributed by atoms with van der Waals surface area (Å²) in [6.45, 7) is 3.61. The molecule has 0 bridgehead atoms. The smallest absolute Gasteiger partial charge is 0.342 e. The van der Waals surface area contributed by atoms with Gasteiger partial charge in [0.05, 0.1) is 11.2 Å². The Morgan fingerprint density at radius 1 is 1.85 bits per heavy atom. The highest BCUT2D eigenvalue weighted by Crippen LogP contribution is 2.25. The standard InChI is InChI=1S/C8H11NO3S/c1-3-12-8(2,7(10)11)6-4-13-5-9-6/h4-5H,3H2,1-2H3,(H,10,11). The van der Waals surface area contributed by atoms with Crippen molar-refractivity contribution in [3.05, 3.63) is 16.6 Å². The van der Waals surface area contributed by atoms with E-state index in [1.165, 1.54) is 18.3 Å². The molecule has 1 heterocycles. The summed E-state index contributed by atoms with van der Waals surface area (Å²) < 4.78 is 5.18. The van der Waals surface area contributed by atoms with Crippen LogP contribution in [0.5, 0.6) is 0 Å². The Balaban J connectivity index is 2.98. The number of rotatable bonds is 4. The highest BCUT2D eigenvalue weighted by molar-refractivity contribution is 7.07. The van der Waals surface area contributed by atoms with Crippen LogP contribution in [0.25, 0.3) is 0 Å². The highest BCUT2D eigenvalue weighted by Gasteiger charge is 2.37. The molecule has 0 aliphatic carbocycles. The van der Waals surface area contributed by atoms with E-state index >= 15 is 0 Å². The summed E-state index contributed by atoms with van der Waals surface area (Å²) >= 11 is 1.36. The molecule has 0 saturated heterocycles. The first-order valence-electron chi connectivity index (χ1n) is 3.87. The lowest BCUT2D eigenvalue weighted by Gasteiger charge is -2.22. The van der Waals surface area contributed by atoms with E-state index in [4.69, 9.17) is 9.84 Å². The van der Waals surface area contributed by atoms with Crippen LogP contribution in [-0.2, 0) is 15.1 Å². The summed E-state index contributed by atoms with van der Waals surface area (Å²) in [4.78, 5) is 14.9. The summed E-state index contributed by atoms with van der Waals surface area (Å²) in [6, 6.07) is 0. The Kier molecular flexibility index (Phi) is 3.00. The lowest BCUT2D eigenvalue weighted by molar-refractivity contribution is -0.165. The number of carboxylic acid groups (broad SMARTS) is 1. The molecule has 13 heavy (non-hydrogen) atoms. The molecule has 1 aromatic rings. The average Bonchev–Trinajstić information content (AvgIpc) is 2.56. The van der Waals surface area contributed by atoms with Crippen molar-refractivity contribution in [2.24, 2.45) is 0 Å². The molecule has 0 aromatic carbocycles. The predicted molar refractivity (Wildman–Crippen MR) is 48.7 cm³/mol. The van der Waals surface area contributed by atoms with Crippen molar-refractivity contribution in [2.45, 2.75) is 19.4 Å². The van der Waals surface area contributed by atoms with Gasteiger partial charge in [0.15, 0.2) is 0 Å². The van der Waals surface area contributed by atoms with Crippen LogP contribution in [0, 0.1) is 0 Å². The van der Waals surface area contributed by atoms with Crippen LogP contribution in [0.4, 0.5) is 0 Å². The van der Waals surface area contributed by atoms with Crippen LogP contribution < -0.4 is 0 Å². The molecule has 72 valence electrons. The number of nitrogens with zero attached hydrogens (tertiary/aromatic N) is 1. The van der Waals surface area contributed by atoms with Crippen molar-refractivity contribution in [1.82, 2.24) is 4.98 Å². The van der Waals surface area contributed by atoms with Gasteiger partial charge >= 0.3 is 5.97 Å². The van der Waals surface area contributed by atoms with Gasteiger partial charge in [0.25, 0.3) is 0 Å². The molecule has 0 radical (unpaired) electrons. The number of aromatic nitrogens is 1. The zero-order chi connectivity index (χ0) is 9.90. The van der Waals surface area contributed by atoms with Gasteiger partial charge in [-0.1, -0.05) is 0 Å². The van der Waals surface area contributed by atoms with E-state index in [9.17, 15) is 4.79 Å². The molecule has 5 heteroatoms. The van der Waals surface area contributed by atoms with Gasteiger partial charge in [-0.3, -0.25) is 0 Å². The number of carbonyl (C=O) groups is 1. The van der Waals surface area contributed by atoms with Crippen LogP contribution in [0.2, 0.25) is 0 Å². The monoisotopic (exact) mass is 201 g/mol. The first kappa shape index (κ1) is 10.1. The SMILES string of the molecule is CCOC(C)(C(=O)O)c1cscn1. The molecule has 0 spiro atoms. The van der Waals surface area contributed by atoms with E-state index in [2.05, 4.69) is 4.98 Å². The zero-order valence-electron chi connectivity index (χ0n) is 7.48. The molecular formula is C8H11NO3S. The summed E-state index contributed by atoms with van der Waals surface area (Å²) in [5, 5.41) is 10.7. The molecule has 1 aromatic heterocycles. The van der Waals surface area contributed by atoms with E-state index in [-0.39, 0.29) is 0 Å². The molecule has 1 rings (SSSR count). The fourth-order valence-corrected chi connectivity index (χ4v) is 1.63. The lowest BCUT2D eigenvalue weighted by Crippen LogP contribution is -2.35. The van der Waals surface area contributed by atoms with Gasteiger partial charge in [-0.05, 0) is 13.8 Å². The third-order valence-corrected chi connectivity index (χ3v) is 2.35. The molecule has 0 aliphatic rings. The Hall–Kier alpha value is -0.940. The van der Waals surface area contributed by atoms with Crippen LogP contribution in [0.1, 0.15) is 19.5 Å². The van der Waals surface area contributed by atoms with Crippen molar-refractivity contribution in [2.75, 3.05) is 6.61 Å². The second-order valence-electron chi connectivity index (χ2n) is 2.65. The molecule has 0 aliphatic heterocycles. The number of carboxylic acids is 1. The second kappa shape index (κ2) is 3.85. The largest absolute Gasteiger partial charge is 0.479 e. The van der Waals surface area contributed by atoms with E-state index in [0.717, 1.165) is 0 Å². The maximum Gasteiger partial charge on any atom is 0.342 e. The molecule has 1 N–H and O–H groups in total. The van der Waals surface area contributed by atoms with Crippen molar-refractivity contribution in [3.8, 4) is 0 Å². The first-order chi connectivity index (χ1) is 6.11. The van der Waals surface area contributed by atoms with E-state index < -0.39 is 11.6 Å². The Bertz CT molecular complexity index is 286. The Morgan fingerprint density at radius 2 is 2.54 bits per heavy atom. The number of aliphatic carboxylic acids is 1. The summed E-state index contributed by atoms with van der Waals surface area (Å²) in [5.74, 6) is -1.01. The van der Waals surface area contributed by atoms with Gasteiger partial charge in [0.1, 0.15) is 0 Å². The number of hydrogen-bond donors (Lipinski definition) is 1. The fourth-order valence-electron chi connectivity index (χ4n) is 0.982. The van der Waals surface area contributed by atoms with Crippen molar-refractivity contribution >= 4 is 17.3 Å². The molecule has 1 unspecified atom stereocenters. The van der Waals surface area contributed by atoms with E-state index in [1.54, 1.807) is 17.8 Å². The van der Waals surface area contributed by atoms with Gasteiger partial charge in [0.2, 0.25) is 5.60 Å². The van der Waals surface area contributed by atoms with Crippen LogP contribution in [0.15, 0.2) is 10.9 Å². The maximum absolute atomic E-state index is 10.9. The first-order valence-corrected chi connectivity index (χ1v) is 4.81. The third-order valence-electron chi connectivity index (χ3n) is 1.76. The Labute approximate surface area is 80.2 Å². The average molecular weight is 201 g/mol. The van der Waals surface area contributed by atoms with Gasteiger partial charge in [-0.15, -0.1) is 11.3 Å². The van der Waals surface area contributed by atoms with Crippen LogP contribution in [0.3, 0.4) is 0 Å².